The summed E-state index contributed by atoms with van der Waals surface area (Å²) in [7, 11) is 0. The number of anilines is 1. The molecule has 2 heteroatoms. The third-order valence-corrected chi connectivity index (χ3v) is 3.73. The summed E-state index contributed by atoms with van der Waals surface area (Å²) in [6.07, 6.45) is 2.92. The highest BCUT2D eigenvalue weighted by Gasteiger charge is 2.36. The van der Waals surface area contributed by atoms with Crippen LogP contribution < -0.4 is 4.90 Å². The first kappa shape index (κ1) is 8.60. The Morgan fingerprint density at radius 2 is 1.57 bits per heavy atom. The Hall–Kier alpha value is -0.690. The predicted molar refractivity (Wildman–Crippen MR) is 59.9 cm³/mol. The molecule has 0 radical (unpaired) electrons. The molecule has 2 saturated heterocycles. The van der Waals surface area contributed by atoms with Crippen LogP contribution in [-0.2, 0) is 0 Å². The zero-order valence-corrected chi connectivity index (χ0v) is 8.87. The molecule has 2 aliphatic heterocycles. The van der Waals surface area contributed by atoms with Crippen LogP contribution in [0.15, 0.2) is 24.3 Å². The highest BCUT2D eigenvalue weighted by atomic mass is 35.5. The number of halogens is 1. The van der Waals surface area contributed by atoms with Crippen LogP contribution in [0.5, 0.6) is 0 Å². The summed E-state index contributed by atoms with van der Waals surface area (Å²) < 4.78 is 0. The smallest absolute Gasteiger partial charge is 0.0407 e. The number of fused-ring (bicyclic) bond motifs is 2. The molecule has 1 aromatic rings. The van der Waals surface area contributed by atoms with Gasteiger partial charge in [-0.25, -0.2) is 0 Å². The van der Waals surface area contributed by atoms with E-state index >= 15 is 0 Å². The van der Waals surface area contributed by atoms with Crippen molar-refractivity contribution in [1.82, 2.24) is 0 Å². The van der Waals surface area contributed by atoms with E-state index in [1.54, 1.807) is 0 Å². The Labute approximate surface area is 89.7 Å². The molecule has 0 atom stereocenters. The fourth-order valence-electron chi connectivity index (χ4n) is 2.73. The topological polar surface area (TPSA) is 3.24 Å². The van der Waals surface area contributed by atoms with E-state index in [0.29, 0.717) is 0 Å². The van der Waals surface area contributed by atoms with Crippen molar-refractivity contribution < 1.29 is 0 Å². The molecule has 0 N–H and O–H groups in total. The molecule has 0 unspecified atom stereocenters. The second-order valence-electron chi connectivity index (χ2n) is 4.58. The molecular formula is C12H14ClN. The summed E-state index contributed by atoms with van der Waals surface area (Å²) in [6.45, 7) is 2.50. The van der Waals surface area contributed by atoms with E-state index in [-0.39, 0.29) is 0 Å². The monoisotopic (exact) mass is 207 g/mol. The van der Waals surface area contributed by atoms with E-state index < -0.39 is 0 Å². The Morgan fingerprint density at radius 1 is 1.00 bits per heavy atom. The van der Waals surface area contributed by atoms with Gasteiger partial charge in [0.05, 0.1) is 0 Å². The Morgan fingerprint density at radius 3 is 2.14 bits per heavy atom. The first-order valence-corrected chi connectivity index (χ1v) is 5.69. The van der Waals surface area contributed by atoms with Crippen LogP contribution in [0.25, 0.3) is 0 Å². The van der Waals surface area contributed by atoms with Crippen molar-refractivity contribution >= 4 is 17.3 Å². The van der Waals surface area contributed by atoms with Gasteiger partial charge in [0, 0.05) is 23.8 Å². The maximum atomic E-state index is 5.87. The van der Waals surface area contributed by atoms with E-state index in [0.717, 1.165) is 16.9 Å². The zero-order chi connectivity index (χ0) is 9.54. The van der Waals surface area contributed by atoms with Crippen molar-refractivity contribution in [3.05, 3.63) is 29.3 Å². The van der Waals surface area contributed by atoms with Crippen molar-refractivity contribution in [1.29, 1.82) is 0 Å². The molecule has 4 rings (SSSR count). The first-order chi connectivity index (χ1) is 6.81. The number of rotatable bonds is 1. The number of piperidine rings is 2. The molecule has 0 amide bonds. The van der Waals surface area contributed by atoms with Crippen molar-refractivity contribution in [2.45, 2.75) is 12.8 Å². The van der Waals surface area contributed by atoms with Crippen molar-refractivity contribution in [3.8, 4) is 0 Å². The molecule has 1 aromatic carbocycles. The predicted octanol–water partition coefficient (Wildman–Crippen LogP) is 3.19. The molecule has 2 heterocycles. The van der Waals surface area contributed by atoms with Crippen LogP contribution in [0, 0.1) is 11.8 Å². The Bertz CT molecular complexity index is 317. The van der Waals surface area contributed by atoms with Gasteiger partial charge < -0.3 is 4.90 Å². The lowest BCUT2D eigenvalue weighted by atomic mass is 9.71. The van der Waals surface area contributed by atoms with Crippen LogP contribution in [0.4, 0.5) is 5.69 Å². The highest BCUT2D eigenvalue weighted by molar-refractivity contribution is 6.30. The van der Waals surface area contributed by atoms with E-state index in [1.807, 2.05) is 12.1 Å². The van der Waals surface area contributed by atoms with Gasteiger partial charge >= 0.3 is 0 Å². The van der Waals surface area contributed by atoms with Crippen LogP contribution >= 0.6 is 11.6 Å². The molecule has 14 heavy (non-hydrogen) atoms. The molecule has 1 saturated carbocycles. The number of benzene rings is 1. The van der Waals surface area contributed by atoms with Crippen molar-refractivity contribution in [2.75, 3.05) is 18.0 Å². The molecule has 3 fully saturated rings. The summed E-state index contributed by atoms with van der Waals surface area (Å²) in [6, 6.07) is 8.23. The van der Waals surface area contributed by atoms with Gasteiger partial charge in [0.15, 0.2) is 0 Å². The SMILES string of the molecule is Clc1ccc(N2CC3CC(C3)C2)cc1. The quantitative estimate of drug-likeness (QED) is 0.684. The van der Waals surface area contributed by atoms with Gasteiger partial charge in [0.1, 0.15) is 0 Å². The van der Waals surface area contributed by atoms with E-state index in [1.165, 1.54) is 31.6 Å². The second-order valence-corrected chi connectivity index (χ2v) is 5.02. The molecule has 3 aliphatic rings. The average Bonchev–Trinajstić information content (AvgIpc) is 2.18. The minimum absolute atomic E-state index is 0.830. The lowest BCUT2D eigenvalue weighted by Gasteiger charge is -2.48. The molecule has 2 bridgehead atoms. The molecule has 0 aromatic heterocycles. The fraction of sp³-hybridized carbons (Fsp3) is 0.500. The Balaban J connectivity index is 1.79. The average molecular weight is 208 g/mol. The number of nitrogens with zero attached hydrogens (tertiary/aromatic N) is 1. The number of hydrogen-bond acceptors (Lipinski definition) is 1. The lowest BCUT2D eigenvalue weighted by Crippen LogP contribution is -2.48. The molecular weight excluding hydrogens is 194 g/mol. The highest BCUT2D eigenvalue weighted by Crippen LogP contribution is 2.41. The van der Waals surface area contributed by atoms with Crippen LogP contribution in [-0.4, -0.2) is 13.1 Å². The summed E-state index contributed by atoms with van der Waals surface area (Å²) in [5.74, 6) is 1.92. The van der Waals surface area contributed by atoms with Crippen molar-refractivity contribution in [2.24, 2.45) is 11.8 Å². The molecule has 0 spiro atoms. The van der Waals surface area contributed by atoms with E-state index in [2.05, 4.69) is 17.0 Å². The van der Waals surface area contributed by atoms with Gasteiger partial charge in [-0.15, -0.1) is 0 Å². The van der Waals surface area contributed by atoms with Crippen LogP contribution in [0.2, 0.25) is 5.02 Å². The maximum Gasteiger partial charge on any atom is 0.0407 e. The third kappa shape index (κ3) is 1.40. The minimum atomic E-state index is 0.830. The Kier molecular flexibility index (Phi) is 1.94. The normalized spacial score (nSPS) is 29.9. The summed E-state index contributed by atoms with van der Waals surface area (Å²) >= 11 is 5.87. The standard InChI is InChI=1S/C12H14ClN/c13-11-1-3-12(4-2-11)14-7-9-5-10(6-9)8-14/h1-4,9-10H,5-8H2. The lowest BCUT2D eigenvalue weighted by molar-refractivity contribution is 0.159. The second kappa shape index (κ2) is 3.16. The summed E-state index contributed by atoms with van der Waals surface area (Å²) in [5, 5.41) is 0.830. The van der Waals surface area contributed by atoms with Gasteiger partial charge in [0.25, 0.3) is 0 Å². The summed E-state index contributed by atoms with van der Waals surface area (Å²) in [5.41, 5.74) is 1.34. The van der Waals surface area contributed by atoms with E-state index in [9.17, 15) is 0 Å². The third-order valence-electron chi connectivity index (χ3n) is 3.48. The molecule has 1 aliphatic carbocycles. The van der Waals surface area contributed by atoms with E-state index in [4.69, 9.17) is 11.6 Å². The van der Waals surface area contributed by atoms with Gasteiger partial charge in [-0.1, -0.05) is 11.6 Å². The molecule has 74 valence electrons. The number of hydrogen-bond donors (Lipinski definition) is 0. The van der Waals surface area contributed by atoms with Crippen molar-refractivity contribution in [3.63, 3.8) is 0 Å². The maximum absolute atomic E-state index is 5.87. The first-order valence-electron chi connectivity index (χ1n) is 5.32. The fourth-order valence-corrected chi connectivity index (χ4v) is 2.86. The zero-order valence-electron chi connectivity index (χ0n) is 8.12. The van der Waals surface area contributed by atoms with Crippen LogP contribution in [0.3, 0.4) is 0 Å². The van der Waals surface area contributed by atoms with Gasteiger partial charge in [-0.2, -0.15) is 0 Å². The van der Waals surface area contributed by atoms with Gasteiger partial charge in [-0.05, 0) is 48.9 Å². The largest absolute Gasteiger partial charge is 0.371 e. The minimum Gasteiger partial charge on any atom is -0.371 e. The van der Waals surface area contributed by atoms with Crippen LogP contribution in [0.1, 0.15) is 12.8 Å². The summed E-state index contributed by atoms with van der Waals surface area (Å²) in [4.78, 5) is 2.50. The van der Waals surface area contributed by atoms with Gasteiger partial charge in [-0.3, -0.25) is 0 Å². The molecule has 1 nitrogen and oxygen atoms in total. The van der Waals surface area contributed by atoms with Gasteiger partial charge in [0.2, 0.25) is 0 Å².